The lowest BCUT2D eigenvalue weighted by Gasteiger charge is -2.26. The normalized spacial score (nSPS) is 15.0. The highest BCUT2D eigenvalue weighted by Gasteiger charge is 2.32. The number of nitro benzene ring substituents is 1. The van der Waals surface area contributed by atoms with Gasteiger partial charge in [-0.15, -0.1) is 0 Å². The minimum atomic E-state index is -4.54. The van der Waals surface area contributed by atoms with Crippen molar-refractivity contribution in [3.8, 4) is 0 Å². The van der Waals surface area contributed by atoms with E-state index in [9.17, 15) is 32.9 Å². The lowest BCUT2D eigenvalue weighted by atomic mass is 10.0. The number of fused-ring (bicyclic) bond motifs is 1. The number of likely N-dealkylation sites (tertiary alicyclic amines) is 1. The second-order valence-corrected chi connectivity index (χ2v) is 8.13. The molecule has 0 radical (unpaired) electrons. The first-order valence-corrected chi connectivity index (χ1v) is 10.6. The summed E-state index contributed by atoms with van der Waals surface area (Å²) in [5.41, 5.74) is -0.0634. The van der Waals surface area contributed by atoms with Crippen LogP contribution in [0.1, 0.15) is 30.0 Å². The average molecular weight is 474 g/mol. The highest BCUT2D eigenvalue weighted by molar-refractivity contribution is 5.85. The Bertz CT molecular complexity index is 1250. The summed E-state index contributed by atoms with van der Waals surface area (Å²) in [4.78, 5) is 37.0. The smallest absolute Gasteiger partial charge is 0.346 e. The van der Waals surface area contributed by atoms with Crippen LogP contribution in [0.5, 0.6) is 0 Å². The van der Waals surface area contributed by atoms with Gasteiger partial charge in [-0.25, -0.2) is 0 Å². The molecule has 3 aromatic rings. The predicted octanol–water partition coefficient (Wildman–Crippen LogP) is 4.05. The Balaban J connectivity index is 1.56. The maximum absolute atomic E-state index is 13.2. The third-order valence-corrected chi connectivity index (χ3v) is 5.81. The van der Waals surface area contributed by atoms with Gasteiger partial charge in [-0.3, -0.25) is 19.7 Å². The van der Waals surface area contributed by atoms with Gasteiger partial charge in [-0.05, 0) is 36.2 Å². The van der Waals surface area contributed by atoms with E-state index < -0.39 is 28.6 Å². The van der Waals surface area contributed by atoms with Gasteiger partial charge < -0.3 is 14.8 Å². The minimum absolute atomic E-state index is 0.0600. The van der Waals surface area contributed by atoms with Crippen molar-refractivity contribution < 1.29 is 27.7 Å². The zero-order valence-corrected chi connectivity index (χ0v) is 17.9. The van der Waals surface area contributed by atoms with E-state index in [0.717, 1.165) is 12.1 Å². The van der Waals surface area contributed by atoms with Crippen molar-refractivity contribution >= 4 is 28.4 Å². The Morgan fingerprint density at radius 2 is 1.97 bits per heavy atom. The number of halogens is 3. The van der Waals surface area contributed by atoms with Gasteiger partial charge in [0.2, 0.25) is 11.8 Å². The van der Waals surface area contributed by atoms with E-state index in [4.69, 9.17) is 0 Å². The first-order chi connectivity index (χ1) is 16.1. The van der Waals surface area contributed by atoms with Crippen molar-refractivity contribution in [2.24, 2.45) is 0 Å². The van der Waals surface area contributed by atoms with Crippen LogP contribution >= 0.6 is 0 Å². The van der Waals surface area contributed by atoms with Crippen molar-refractivity contribution in [1.82, 2.24) is 14.8 Å². The molecule has 2 aromatic carbocycles. The van der Waals surface area contributed by atoms with Gasteiger partial charge in [0, 0.05) is 48.7 Å². The summed E-state index contributed by atoms with van der Waals surface area (Å²) in [6, 6.07) is 9.77. The molecule has 1 atom stereocenters. The quantitative estimate of drug-likeness (QED) is 0.413. The molecule has 0 bridgehead atoms. The molecule has 2 amide bonds. The van der Waals surface area contributed by atoms with Crippen LogP contribution in [0.2, 0.25) is 0 Å². The third-order valence-electron chi connectivity index (χ3n) is 5.81. The van der Waals surface area contributed by atoms with E-state index in [1.807, 2.05) is 0 Å². The Morgan fingerprint density at radius 3 is 2.65 bits per heavy atom. The number of aromatic nitrogens is 1. The highest BCUT2D eigenvalue weighted by Crippen LogP contribution is 2.31. The molecule has 1 saturated heterocycles. The van der Waals surface area contributed by atoms with Crippen molar-refractivity contribution in [2.45, 2.75) is 31.6 Å². The number of alkyl halides is 3. The Hall–Kier alpha value is -3.89. The van der Waals surface area contributed by atoms with E-state index in [-0.39, 0.29) is 30.2 Å². The monoisotopic (exact) mass is 474 g/mol. The van der Waals surface area contributed by atoms with E-state index in [1.165, 1.54) is 35.2 Å². The van der Waals surface area contributed by atoms with Gasteiger partial charge in [-0.1, -0.05) is 12.1 Å². The maximum atomic E-state index is 13.2. The summed E-state index contributed by atoms with van der Waals surface area (Å²) in [5, 5.41) is 14.3. The minimum Gasteiger partial charge on any atom is -0.346 e. The summed E-state index contributed by atoms with van der Waals surface area (Å²) in [6.45, 7) is 0.389. The van der Waals surface area contributed by atoms with Gasteiger partial charge in [0.15, 0.2) is 0 Å². The molecule has 1 N–H and O–H groups in total. The Morgan fingerprint density at radius 1 is 1.18 bits per heavy atom. The maximum Gasteiger partial charge on any atom is 0.416 e. The topological polar surface area (TPSA) is 97.5 Å². The van der Waals surface area contributed by atoms with Crippen molar-refractivity contribution in [1.29, 1.82) is 0 Å². The Labute approximate surface area is 192 Å². The molecule has 1 aliphatic heterocycles. The van der Waals surface area contributed by atoms with Crippen LogP contribution in [0.25, 0.3) is 10.9 Å². The van der Waals surface area contributed by atoms with E-state index in [2.05, 4.69) is 5.32 Å². The lowest BCUT2D eigenvalue weighted by Crippen LogP contribution is -2.39. The molecule has 1 aromatic heterocycles. The number of nitrogens with zero attached hydrogens (tertiary/aromatic N) is 3. The summed E-state index contributed by atoms with van der Waals surface area (Å²) in [7, 11) is 0. The van der Waals surface area contributed by atoms with Crippen LogP contribution in [-0.4, -0.2) is 39.3 Å². The number of nitro groups is 1. The number of hydrogen-bond acceptors (Lipinski definition) is 4. The van der Waals surface area contributed by atoms with E-state index in [1.54, 1.807) is 16.8 Å². The van der Waals surface area contributed by atoms with Gasteiger partial charge in [-0.2, -0.15) is 13.2 Å². The fraction of sp³-hybridized carbons (Fsp3) is 0.304. The van der Waals surface area contributed by atoms with Crippen LogP contribution in [0.4, 0.5) is 18.9 Å². The number of carbonyl (C=O) groups is 2. The summed E-state index contributed by atoms with van der Waals surface area (Å²) in [5.74, 6) is -0.575. The third kappa shape index (κ3) is 5.03. The van der Waals surface area contributed by atoms with Crippen molar-refractivity contribution in [3.05, 3.63) is 76.0 Å². The largest absolute Gasteiger partial charge is 0.416 e. The molecular formula is C23H21F3N4O4. The van der Waals surface area contributed by atoms with E-state index >= 15 is 0 Å². The second kappa shape index (κ2) is 9.16. The summed E-state index contributed by atoms with van der Waals surface area (Å²) in [6.07, 6.45) is -1.91. The predicted molar refractivity (Wildman–Crippen MR) is 117 cm³/mol. The molecule has 178 valence electrons. The van der Waals surface area contributed by atoms with Crippen LogP contribution < -0.4 is 5.32 Å². The molecule has 1 aliphatic rings. The summed E-state index contributed by atoms with van der Waals surface area (Å²) >= 11 is 0. The molecule has 34 heavy (non-hydrogen) atoms. The first-order valence-electron chi connectivity index (χ1n) is 10.6. The van der Waals surface area contributed by atoms with Gasteiger partial charge in [0.05, 0.1) is 16.5 Å². The number of nitrogens with one attached hydrogen (secondary N) is 1. The highest BCUT2D eigenvalue weighted by atomic mass is 19.4. The number of non-ortho nitro benzene ring substituents is 1. The van der Waals surface area contributed by atoms with Crippen molar-refractivity contribution in [2.75, 3.05) is 13.1 Å². The number of rotatable bonds is 7. The standard InChI is InChI=1S/C23H21F3N4O4/c24-23(25,26)17-4-1-3-15(11-17)19(13-29-9-2-5-22(29)32)27-21(31)14-28-10-8-16-12-18(30(33)34)6-7-20(16)28/h1,3-4,6-8,10-12,19H,2,5,9,13-14H2,(H,27,31). The van der Waals surface area contributed by atoms with Crippen LogP contribution in [-0.2, 0) is 22.3 Å². The average Bonchev–Trinajstić information content (AvgIpc) is 3.38. The van der Waals surface area contributed by atoms with Crippen LogP contribution in [0.15, 0.2) is 54.7 Å². The number of carbonyl (C=O) groups excluding carboxylic acids is 2. The van der Waals surface area contributed by atoms with Gasteiger partial charge in [0.25, 0.3) is 5.69 Å². The molecule has 0 saturated carbocycles. The molecular weight excluding hydrogens is 453 g/mol. The molecule has 11 heteroatoms. The number of amides is 2. The number of benzene rings is 2. The zero-order valence-electron chi connectivity index (χ0n) is 17.9. The fourth-order valence-corrected chi connectivity index (χ4v) is 4.12. The molecule has 4 rings (SSSR count). The fourth-order valence-electron chi connectivity index (χ4n) is 4.12. The molecule has 2 heterocycles. The Kier molecular flexibility index (Phi) is 6.27. The van der Waals surface area contributed by atoms with Crippen LogP contribution in [0.3, 0.4) is 0 Å². The summed E-state index contributed by atoms with van der Waals surface area (Å²) < 4.78 is 41.3. The van der Waals surface area contributed by atoms with Gasteiger partial charge in [0.1, 0.15) is 6.54 Å². The van der Waals surface area contributed by atoms with Gasteiger partial charge >= 0.3 is 6.18 Å². The molecule has 8 nitrogen and oxygen atoms in total. The molecule has 1 unspecified atom stereocenters. The van der Waals surface area contributed by atoms with Crippen LogP contribution in [0, 0.1) is 10.1 Å². The van der Waals surface area contributed by atoms with E-state index in [0.29, 0.717) is 30.3 Å². The first kappa shape index (κ1) is 23.3. The molecule has 0 aliphatic carbocycles. The van der Waals surface area contributed by atoms with Crippen molar-refractivity contribution in [3.63, 3.8) is 0 Å². The lowest BCUT2D eigenvalue weighted by molar-refractivity contribution is -0.384. The molecule has 0 spiro atoms. The molecule has 1 fully saturated rings. The zero-order chi connectivity index (χ0) is 24.5. The number of hydrogen-bond donors (Lipinski definition) is 1. The SMILES string of the molecule is O=C(Cn1ccc2cc([N+](=O)[O-])ccc21)NC(CN1CCCC1=O)c1cccc(C(F)(F)F)c1. The second-order valence-electron chi connectivity index (χ2n) is 8.13.